The van der Waals surface area contributed by atoms with Gasteiger partial charge in [-0.2, -0.15) is 0 Å². The molecule has 0 fully saturated rings. The number of nitrogens with zero attached hydrogens (tertiary/aromatic N) is 2. The molecule has 2 rings (SSSR count). The topological polar surface area (TPSA) is 58.0 Å². The highest BCUT2D eigenvalue weighted by atomic mass is 32.2. The van der Waals surface area contributed by atoms with Gasteiger partial charge in [-0.3, -0.25) is 0 Å². The van der Waals surface area contributed by atoms with Crippen molar-refractivity contribution < 1.29 is 5.11 Å². The van der Waals surface area contributed by atoms with E-state index in [0.29, 0.717) is 0 Å². The fourth-order valence-electron chi connectivity index (χ4n) is 2.00. The van der Waals surface area contributed by atoms with Crippen LogP contribution in [0.25, 0.3) is 10.9 Å². The van der Waals surface area contributed by atoms with Gasteiger partial charge in [-0.15, -0.1) is 11.8 Å². The van der Waals surface area contributed by atoms with E-state index in [1.54, 1.807) is 18.1 Å². The van der Waals surface area contributed by atoms with Crippen LogP contribution in [0.3, 0.4) is 0 Å². The van der Waals surface area contributed by atoms with Crippen LogP contribution in [-0.2, 0) is 0 Å². The first-order chi connectivity index (χ1) is 9.85. The second-order valence-electron chi connectivity index (χ2n) is 4.67. The third kappa shape index (κ3) is 4.16. The molecule has 0 radical (unpaired) electrons. The van der Waals surface area contributed by atoms with Crippen LogP contribution in [0, 0.1) is 0 Å². The molecule has 0 saturated heterocycles. The monoisotopic (exact) mass is 291 g/mol. The number of rotatable bonds is 8. The number of nitrogens with one attached hydrogen (secondary N) is 1. The Labute approximate surface area is 124 Å². The van der Waals surface area contributed by atoms with Crippen molar-refractivity contribution in [3.05, 3.63) is 30.6 Å². The van der Waals surface area contributed by atoms with Crippen LogP contribution in [-0.4, -0.2) is 40.0 Å². The number of hydrogen-bond acceptors (Lipinski definition) is 5. The average molecular weight is 291 g/mol. The number of thioether (sulfide) groups is 1. The molecule has 5 heteroatoms. The molecule has 0 aliphatic heterocycles. The number of para-hydroxylation sites is 1. The molecule has 108 valence electrons. The first-order valence-corrected chi connectivity index (χ1v) is 8.00. The van der Waals surface area contributed by atoms with Gasteiger partial charge in [-0.05, 0) is 25.5 Å². The van der Waals surface area contributed by atoms with Crippen molar-refractivity contribution in [3.63, 3.8) is 0 Å². The molecule has 1 heterocycles. The van der Waals surface area contributed by atoms with E-state index in [1.807, 2.05) is 18.2 Å². The fourth-order valence-corrected chi connectivity index (χ4v) is 3.04. The van der Waals surface area contributed by atoms with Crippen molar-refractivity contribution >= 4 is 22.7 Å². The van der Waals surface area contributed by atoms with E-state index in [9.17, 15) is 5.11 Å². The maximum atomic E-state index is 9.32. The Balaban J connectivity index is 1.92. The van der Waals surface area contributed by atoms with E-state index in [0.717, 1.165) is 41.1 Å². The van der Waals surface area contributed by atoms with Crippen molar-refractivity contribution in [1.82, 2.24) is 15.3 Å². The third-order valence-corrected chi connectivity index (χ3v) is 4.15. The summed E-state index contributed by atoms with van der Waals surface area (Å²) in [7, 11) is 0. The second kappa shape index (κ2) is 8.19. The van der Waals surface area contributed by atoms with Crippen LogP contribution in [0.4, 0.5) is 0 Å². The van der Waals surface area contributed by atoms with E-state index in [4.69, 9.17) is 0 Å². The Hall–Kier alpha value is -1.17. The van der Waals surface area contributed by atoms with Crippen molar-refractivity contribution in [2.45, 2.75) is 30.8 Å². The van der Waals surface area contributed by atoms with Crippen molar-refractivity contribution in [1.29, 1.82) is 0 Å². The van der Waals surface area contributed by atoms with E-state index < -0.39 is 0 Å². The van der Waals surface area contributed by atoms with Crippen LogP contribution in [0.1, 0.15) is 19.8 Å². The fraction of sp³-hybridized carbons (Fsp3) is 0.467. The van der Waals surface area contributed by atoms with Crippen molar-refractivity contribution in [2.24, 2.45) is 0 Å². The van der Waals surface area contributed by atoms with Crippen molar-refractivity contribution in [2.75, 3.05) is 18.9 Å². The molecule has 1 aromatic carbocycles. The molecule has 1 unspecified atom stereocenters. The molecule has 0 amide bonds. The predicted octanol–water partition coefficient (Wildman–Crippen LogP) is 2.47. The van der Waals surface area contributed by atoms with Gasteiger partial charge in [-0.25, -0.2) is 9.97 Å². The number of aliphatic hydroxyl groups excluding tert-OH is 1. The molecule has 2 N–H and O–H groups in total. The number of benzene rings is 1. The SMILES string of the molecule is CCCNC(CO)CCSc1ncnc2ccccc12. The summed E-state index contributed by atoms with van der Waals surface area (Å²) in [6.07, 6.45) is 3.63. The lowest BCUT2D eigenvalue weighted by Gasteiger charge is -2.15. The molecule has 20 heavy (non-hydrogen) atoms. The molecule has 1 atom stereocenters. The maximum absolute atomic E-state index is 9.32. The number of hydrogen-bond donors (Lipinski definition) is 2. The number of aromatic nitrogens is 2. The summed E-state index contributed by atoms with van der Waals surface area (Å²) in [6, 6.07) is 8.22. The highest BCUT2D eigenvalue weighted by molar-refractivity contribution is 7.99. The summed E-state index contributed by atoms with van der Waals surface area (Å²) in [6.45, 7) is 3.26. The molecule has 0 bridgehead atoms. The average Bonchev–Trinajstić information content (AvgIpc) is 2.51. The Morgan fingerprint density at radius 1 is 1.30 bits per heavy atom. The van der Waals surface area contributed by atoms with Gasteiger partial charge in [0.25, 0.3) is 0 Å². The molecule has 4 nitrogen and oxygen atoms in total. The summed E-state index contributed by atoms with van der Waals surface area (Å²) < 4.78 is 0. The highest BCUT2D eigenvalue weighted by Gasteiger charge is 2.08. The molecule has 2 aromatic rings. The van der Waals surface area contributed by atoms with Gasteiger partial charge in [0.15, 0.2) is 0 Å². The largest absolute Gasteiger partial charge is 0.395 e. The second-order valence-corrected chi connectivity index (χ2v) is 5.75. The van der Waals surface area contributed by atoms with Crippen LogP contribution in [0.2, 0.25) is 0 Å². The summed E-state index contributed by atoms with van der Waals surface area (Å²) in [4.78, 5) is 8.63. The first kappa shape index (κ1) is 15.2. The Morgan fingerprint density at radius 3 is 2.95 bits per heavy atom. The van der Waals surface area contributed by atoms with Crippen LogP contribution in [0.5, 0.6) is 0 Å². The normalized spacial score (nSPS) is 12.7. The van der Waals surface area contributed by atoms with Crippen LogP contribution in [0.15, 0.2) is 35.6 Å². The summed E-state index contributed by atoms with van der Waals surface area (Å²) in [5.74, 6) is 0.933. The molecular formula is C15H21N3OS. The standard InChI is InChI=1S/C15H21N3OS/c1-2-8-16-12(10-19)7-9-20-15-13-5-3-4-6-14(13)17-11-18-15/h3-6,11-12,16,19H,2,7-10H2,1H3. The highest BCUT2D eigenvalue weighted by Crippen LogP contribution is 2.24. The lowest BCUT2D eigenvalue weighted by atomic mass is 10.2. The van der Waals surface area contributed by atoms with E-state index in [1.165, 1.54) is 0 Å². The number of fused-ring (bicyclic) bond motifs is 1. The van der Waals surface area contributed by atoms with E-state index in [2.05, 4.69) is 28.3 Å². The van der Waals surface area contributed by atoms with Gasteiger partial charge >= 0.3 is 0 Å². The minimum absolute atomic E-state index is 0.176. The zero-order valence-electron chi connectivity index (χ0n) is 11.7. The van der Waals surface area contributed by atoms with Crippen LogP contribution < -0.4 is 5.32 Å². The summed E-state index contributed by atoms with van der Waals surface area (Å²) in [5, 5.41) is 14.8. The van der Waals surface area contributed by atoms with Gasteiger partial charge < -0.3 is 10.4 Å². The maximum Gasteiger partial charge on any atom is 0.117 e. The molecular weight excluding hydrogens is 270 g/mol. The molecule has 0 aliphatic rings. The molecule has 0 spiro atoms. The first-order valence-electron chi connectivity index (χ1n) is 7.02. The predicted molar refractivity (Wildman–Crippen MR) is 84.0 cm³/mol. The zero-order valence-corrected chi connectivity index (χ0v) is 12.6. The number of aliphatic hydroxyl groups is 1. The van der Waals surface area contributed by atoms with Gasteiger partial charge in [-0.1, -0.05) is 25.1 Å². The summed E-state index contributed by atoms with van der Waals surface area (Å²) >= 11 is 1.72. The van der Waals surface area contributed by atoms with E-state index >= 15 is 0 Å². The lowest BCUT2D eigenvalue weighted by molar-refractivity contribution is 0.240. The van der Waals surface area contributed by atoms with Gasteiger partial charge in [0.2, 0.25) is 0 Å². The smallest absolute Gasteiger partial charge is 0.117 e. The van der Waals surface area contributed by atoms with Gasteiger partial charge in [0.1, 0.15) is 11.4 Å². The Kier molecular flexibility index (Phi) is 6.24. The van der Waals surface area contributed by atoms with E-state index in [-0.39, 0.29) is 12.6 Å². The lowest BCUT2D eigenvalue weighted by Crippen LogP contribution is -2.33. The molecule has 1 aromatic heterocycles. The quantitative estimate of drug-likeness (QED) is 0.578. The molecule has 0 saturated carbocycles. The molecule has 0 aliphatic carbocycles. The Bertz CT molecular complexity index is 530. The van der Waals surface area contributed by atoms with Gasteiger partial charge in [0.05, 0.1) is 12.1 Å². The Morgan fingerprint density at radius 2 is 2.15 bits per heavy atom. The third-order valence-electron chi connectivity index (χ3n) is 3.11. The van der Waals surface area contributed by atoms with Gasteiger partial charge in [0, 0.05) is 17.2 Å². The minimum atomic E-state index is 0.176. The van der Waals surface area contributed by atoms with Crippen LogP contribution >= 0.6 is 11.8 Å². The summed E-state index contributed by atoms with van der Waals surface area (Å²) in [5.41, 5.74) is 0.979. The zero-order chi connectivity index (χ0) is 14.2. The minimum Gasteiger partial charge on any atom is -0.395 e. The van der Waals surface area contributed by atoms with Crippen molar-refractivity contribution in [3.8, 4) is 0 Å².